The second-order valence-electron chi connectivity index (χ2n) is 11.7. The molecule has 3 rings (SSSR count). The molecule has 0 spiro atoms. The maximum atomic E-state index is 12.8. The van der Waals surface area contributed by atoms with E-state index in [1.165, 1.54) is 6.92 Å². The number of aryl methyl sites for hydroxylation is 1. The first-order valence-electron chi connectivity index (χ1n) is 15.3. The van der Waals surface area contributed by atoms with Crippen molar-refractivity contribution in [3.05, 3.63) is 23.3 Å². The van der Waals surface area contributed by atoms with Gasteiger partial charge in [0, 0.05) is 45.0 Å². The van der Waals surface area contributed by atoms with E-state index in [1.54, 1.807) is 4.90 Å². The van der Waals surface area contributed by atoms with Crippen LogP contribution in [-0.2, 0) is 27.3 Å². The zero-order valence-corrected chi connectivity index (χ0v) is 24.9. The molecule has 6 N–H and O–H groups in total. The number of carbonyl (C=O) groups is 2. The lowest BCUT2D eigenvalue weighted by Crippen LogP contribution is -2.25. The van der Waals surface area contributed by atoms with E-state index in [-0.39, 0.29) is 42.2 Å². The summed E-state index contributed by atoms with van der Waals surface area (Å²) in [5, 5.41) is 21.7. The zero-order valence-electron chi connectivity index (χ0n) is 24.9. The molecule has 3 atom stereocenters. The molecule has 1 aromatic carbocycles. The molecule has 2 fully saturated rings. The summed E-state index contributed by atoms with van der Waals surface area (Å²) in [6.45, 7) is 4.84. The first-order valence-corrected chi connectivity index (χ1v) is 15.3. The van der Waals surface area contributed by atoms with Crippen molar-refractivity contribution in [2.75, 3.05) is 13.1 Å². The first-order chi connectivity index (χ1) is 19.6. The van der Waals surface area contributed by atoms with Crippen molar-refractivity contribution in [3.8, 4) is 11.5 Å². The molecular weight excluding hydrogens is 524 g/mol. The Labute approximate surface area is 244 Å². The molecule has 0 aromatic heterocycles. The number of amides is 1. The fourth-order valence-electron chi connectivity index (χ4n) is 5.89. The smallest absolute Gasteiger partial charge is 0.302 e. The number of guanidine groups is 1. The second-order valence-corrected chi connectivity index (χ2v) is 11.7. The lowest BCUT2D eigenvalue weighted by Gasteiger charge is -2.23. The molecule has 41 heavy (non-hydrogen) atoms. The van der Waals surface area contributed by atoms with E-state index in [4.69, 9.17) is 20.9 Å². The quantitative estimate of drug-likeness (QED) is 0.0942. The number of aliphatic imine (C=N–C) groups is 1. The third-order valence-corrected chi connectivity index (χ3v) is 8.06. The van der Waals surface area contributed by atoms with Gasteiger partial charge in [0.2, 0.25) is 5.91 Å². The van der Waals surface area contributed by atoms with Crippen LogP contribution in [0.15, 0.2) is 17.1 Å². The van der Waals surface area contributed by atoms with Crippen molar-refractivity contribution in [1.29, 1.82) is 0 Å². The maximum absolute atomic E-state index is 12.8. The van der Waals surface area contributed by atoms with Crippen molar-refractivity contribution in [1.82, 2.24) is 4.90 Å². The van der Waals surface area contributed by atoms with Gasteiger partial charge >= 0.3 is 5.97 Å². The van der Waals surface area contributed by atoms with Gasteiger partial charge in [-0.25, -0.2) is 0 Å². The number of aromatic hydroxyl groups is 1. The van der Waals surface area contributed by atoms with Gasteiger partial charge < -0.3 is 36.1 Å². The Morgan fingerprint density at radius 1 is 1.20 bits per heavy atom. The number of benzene rings is 1. The number of nitrogens with two attached hydrogens (primary N) is 2. The van der Waals surface area contributed by atoms with E-state index in [1.807, 2.05) is 12.1 Å². The molecule has 0 unspecified atom stereocenters. The van der Waals surface area contributed by atoms with Crippen molar-refractivity contribution in [2.24, 2.45) is 22.4 Å². The van der Waals surface area contributed by atoms with E-state index in [9.17, 15) is 19.8 Å². The normalized spacial score (nSPS) is 18.9. The maximum Gasteiger partial charge on any atom is 0.302 e. The molecule has 1 saturated carbocycles. The standard InChI is InChI=1S/C31H50N4O6/c1-3-4-5-8-25(37)18-27(40-21(2)36)12-11-22-15-24(30(39)28(16-22)41-26-9-6-7-10-26)20-35-19-23(17-29(35)38)13-14-34-31(32)33/h15-16,23,25-27,37,39H,3-14,17-20H2,1-2H3,(H4,32,33,34)/t23-,25-,27+/m0/s1. The number of rotatable bonds is 17. The third kappa shape index (κ3) is 11.1. The Bertz CT molecular complexity index is 1020. The number of unbranched alkanes of at least 4 members (excludes halogenated alkanes) is 2. The van der Waals surface area contributed by atoms with Gasteiger partial charge in [0.05, 0.1) is 12.2 Å². The highest BCUT2D eigenvalue weighted by atomic mass is 16.5. The van der Waals surface area contributed by atoms with Gasteiger partial charge in [-0.05, 0) is 68.9 Å². The van der Waals surface area contributed by atoms with E-state index in [2.05, 4.69) is 11.9 Å². The minimum absolute atomic E-state index is 0.0368. The number of aliphatic hydroxyl groups is 1. The van der Waals surface area contributed by atoms with E-state index >= 15 is 0 Å². The van der Waals surface area contributed by atoms with Crippen molar-refractivity contribution < 1.29 is 29.3 Å². The summed E-state index contributed by atoms with van der Waals surface area (Å²) < 4.78 is 11.8. The van der Waals surface area contributed by atoms with Crippen LogP contribution in [-0.4, -0.2) is 64.4 Å². The number of esters is 1. The largest absolute Gasteiger partial charge is 0.504 e. The summed E-state index contributed by atoms with van der Waals surface area (Å²) in [6.07, 6.45) is 9.64. The van der Waals surface area contributed by atoms with Gasteiger partial charge in [0.15, 0.2) is 17.5 Å². The van der Waals surface area contributed by atoms with Crippen LogP contribution in [0.25, 0.3) is 0 Å². The highest BCUT2D eigenvalue weighted by Gasteiger charge is 2.30. The highest BCUT2D eigenvalue weighted by Crippen LogP contribution is 2.37. The van der Waals surface area contributed by atoms with Gasteiger partial charge in [0.1, 0.15) is 6.10 Å². The van der Waals surface area contributed by atoms with Crippen molar-refractivity contribution in [3.63, 3.8) is 0 Å². The zero-order chi connectivity index (χ0) is 29.8. The number of phenolic OH excluding ortho intramolecular Hbond substituents is 1. The number of ether oxygens (including phenoxy) is 2. The second kappa shape index (κ2) is 16.4. The molecule has 0 bridgehead atoms. The van der Waals surface area contributed by atoms with Crippen LogP contribution in [0.2, 0.25) is 0 Å². The average molecular weight is 575 g/mol. The number of likely N-dealkylation sites (tertiary alicyclic amines) is 1. The minimum Gasteiger partial charge on any atom is -0.504 e. The van der Waals surface area contributed by atoms with Crippen LogP contribution in [0.1, 0.15) is 102 Å². The minimum atomic E-state index is -0.524. The Morgan fingerprint density at radius 2 is 1.95 bits per heavy atom. The SMILES string of the molecule is CCCCC[C@H](O)C[C@@H](CCc1cc(CN2C[C@@H](CCN=C(N)N)CC2=O)c(O)c(OC2CCCC2)c1)OC(C)=O. The molecule has 230 valence electrons. The fourth-order valence-corrected chi connectivity index (χ4v) is 5.89. The Morgan fingerprint density at radius 3 is 2.63 bits per heavy atom. The van der Waals surface area contributed by atoms with Crippen LogP contribution in [0.5, 0.6) is 11.5 Å². The Hall–Kier alpha value is -3.01. The molecule has 2 aliphatic rings. The summed E-state index contributed by atoms with van der Waals surface area (Å²) in [5.74, 6) is 0.372. The molecule has 1 aliphatic heterocycles. The molecule has 1 heterocycles. The van der Waals surface area contributed by atoms with Crippen LogP contribution in [0, 0.1) is 5.92 Å². The summed E-state index contributed by atoms with van der Waals surface area (Å²) >= 11 is 0. The van der Waals surface area contributed by atoms with Crippen LogP contribution >= 0.6 is 0 Å². The molecular formula is C31H50N4O6. The summed E-state index contributed by atoms with van der Waals surface area (Å²) in [5.41, 5.74) is 12.4. The van der Waals surface area contributed by atoms with Crippen LogP contribution in [0.4, 0.5) is 0 Å². The number of hydrogen-bond donors (Lipinski definition) is 4. The fraction of sp³-hybridized carbons (Fsp3) is 0.710. The molecule has 0 radical (unpaired) electrons. The topological polar surface area (TPSA) is 161 Å². The monoisotopic (exact) mass is 574 g/mol. The number of hydrogen-bond acceptors (Lipinski definition) is 7. The van der Waals surface area contributed by atoms with E-state index in [0.717, 1.165) is 50.5 Å². The van der Waals surface area contributed by atoms with E-state index in [0.29, 0.717) is 62.9 Å². The number of nitrogens with zero attached hydrogens (tertiary/aromatic N) is 2. The van der Waals surface area contributed by atoms with Gasteiger partial charge in [-0.3, -0.25) is 14.6 Å². The van der Waals surface area contributed by atoms with Crippen LogP contribution in [0.3, 0.4) is 0 Å². The van der Waals surface area contributed by atoms with Crippen molar-refractivity contribution in [2.45, 2.75) is 122 Å². The average Bonchev–Trinajstić information content (AvgIpc) is 3.54. The van der Waals surface area contributed by atoms with Crippen LogP contribution < -0.4 is 16.2 Å². The lowest BCUT2D eigenvalue weighted by atomic mass is 9.98. The first kappa shape index (κ1) is 32.5. The summed E-state index contributed by atoms with van der Waals surface area (Å²) in [7, 11) is 0. The number of carbonyl (C=O) groups excluding carboxylic acids is 2. The Kier molecular flexibility index (Phi) is 13.0. The highest BCUT2D eigenvalue weighted by molar-refractivity contribution is 5.79. The summed E-state index contributed by atoms with van der Waals surface area (Å²) in [6, 6.07) is 3.78. The summed E-state index contributed by atoms with van der Waals surface area (Å²) in [4.78, 5) is 30.4. The number of aliphatic hydroxyl groups excluding tert-OH is 1. The predicted octanol–water partition coefficient (Wildman–Crippen LogP) is 3.92. The predicted molar refractivity (Wildman–Crippen MR) is 158 cm³/mol. The van der Waals surface area contributed by atoms with Gasteiger partial charge in [-0.15, -0.1) is 0 Å². The Balaban J connectivity index is 1.73. The molecule has 1 amide bonds. The lowest BCUT2D eigenvalue weighted by molar-refractivity contribution is -0.148. The van der Waals surface area contributed by atoms with E-state index < -0.39 is 12.2 Å². The molecule has 1 saturated heterocycles. The molecule has 1 aliphatic carbocycles. The van der Waals surface area contributed by atoms with Gasteiger partial charge in [-0.1, -0.05) is 32.3 Å². The molecule has 10 nitrogen and oxygen atoms in total. The van der Waals surface area contributed by atoms with Crippen molar-refractivity contribution >= 4 is 17.8 Å². The van der Waals surface area contributed by atoms with Gasteiger partial charge in [0.25, 0.3) is 0 Å². The number of phenols is 1. The third-order valence-electron chi connectivity index (χ3n) is 8.06. The van der Waals surface area contributed by atoms with Gasteiger partial charge in [-0.2, -0.15) is 0 Å². The molecule has 10 heteroatoms. The molecule has 1 aromatic rings.